The highest BCUT2D eigenvalue weighted by Gasteiger charge is 2.19. The predicted octanol–water partition coefficient (Wildman–Crippen LogP) is 2.42. The fourth-order valence-corrected chi connectivity index (χ4v) is 2.89. The smallest absolute Gasteiger partial charge is 0.111 e. The van der Waals surface area contributed by atoms with Crippen molar-refractivity contribution in [3.63, 3.8) is 0 Å². The minimum atomic E-state index is 0.00569. The molecule has 1 aromatic heterocycles. The number of aliphatic hydroxyl groups is 1. The minimum absolute atomic E-state index is 0.00569. The molecule has 0 saturated heterocycles. The van der Waals surface area contributed by atoms with Crippen LogP contribution in [0.3, 0.4) is 0 Å². The maximum Gasteiger partial charge on any atom is 0.111 e. The number of rotatable bonds is 6. The van der Waals surface area contributed by atoms with Crippen molar-refractivity contribution in [2.24, 2.45) is 5.73 Å². The molecule has 90 valence electrons. The van der Waals surface area contributed by atoms with Crippen LogP contribution < -0.4 is 5.73 Å². The van der Waals surface area contributed by atoms with Crippen molar-refractivity contribution in [1.29, 1.82) is 0 Å². The lowest BCUT2D eigenvalue weighted by atomic mass is 10.1. The Hall–Kier alpha value is -0.100. The molecule has 0 aliphatic heterocycles. The van der Waals surface area contributed by atoms with E-state index in [0.717, 1.165) is 22.3 Å². The van der Waals surface area contributed by atoms with Gasteiger partial charge in [0.1, 0.15) is 5.03 Å². The predicted molar refractivity (Wildman–Crippen MR) is 71.6 cm³/mol. The summed E-state index contributed by atoms with van der Waals surface area (Å²) in [5.74, 6) is 0. The van der Waals surface area contributed by atoms with Gasteiger partial charge in [-0.1, -0.05) is 25.1 Å². The Morgan fingerprint density at radius 3 is 2.94 bits per heavy atom. The molecule has 0 bridgehead atoms. The van der Waals surface area contributed by atoms with Crippen LogP contribution in [0.5, 0.6) is 0 Å². The van der Waals surface area contributed by atoms with Crippen molar-refractivity contribution in [3.05, 3.63) is 22.8 Å². The lowest BCUT2D eigenvalue weighted by molar-refractivity contribution is 0.279. The van der Waals surface area contributed by atoms with Gasteiger partial charge in [-0.05, 0) is 34.5 Å². The molecule has 1 aromatic rings. The Bertz CT molecular complexity index is 325. The maximum absolute atomic E-state index is 9.33. The first-order valence-corrected chi connectivity index (χ1v) is 7.00. The highest BCUT2D eigenvalue weighted by atomic mass is 79.9. The first-order valence-electron chi connectivity index (χ1n) is 5.32. The molecular formula is C11H17BrN2OS. The number of nitrogens with zero attached hydrogens (tertiary/aromatic N) is 1. The number of aromatic nitrogens is 1. The Labute approximate surface area is 109 Å². The Morgan fingerprint density at radius 1 is 1.62 bits per heavy atom. The Morgan fingerprint density at radius 2 is 2.38 bits per heavy atom. The van der Waals surface area contributed by atoms with Crippen LogP contribution in [0.1, 0.15) is 19.8 Å². The van der Waals surface area contributed by atoms with Crippen LogP contribution in [0.4, 0.5) is 0 Å². The third-order valence-electron chi connectivity index (χ3n) is 2.27. The van der Waals surface area contributed by atoms with E-state index < -0.39 is 0 Å². The second-order valence-corrected chi connectivity index (χ2v) is 5.66. The van der Waals surface area contributed by atoms with Gasteiger partial charge in [-0.2, -0.15) is 0 Å². The van der Waals surface area contributed by atoms with Gasteiger partial charge in [-0.15, -0.1) is 0 Å². The van der Waals surface area contributed by atoms with E-state index in [2.05, 4.69) is 27.8 Å². The monoisotopic (exact) mass is 304 g/mol. The number of hydrogen-bond acceptors (Lipinski definition) is 4. The fraction of sp³-hybridized carbons (Fsp3) is 0.545. The van der Waals surface area contributed by atoms with E-state index in [1.807, 2.05) is 12.1 Å². The summed E-state index contributed by atoms with van der Waals surface area (Å²) in [7, 11) is 0. The van der Waals surface area contributed by atoms with Crippen molar-refractivity contribution >= 4 is 27.7 Å². The van der Waals surface area contributed by atoms with Crippen LogP contribution in [0, 0.1) is 0 Å². The Balaban J connectivity index is 2.66. The van der Waals surface area contributed by atoms with E-state index in [9.17, 15) is 5.11 Å². The molecule has 0 aliphatic rings. The molecule has 5 heteroatoms. The van der Waals surface area contributed by atoms with Gasteiger partial charge in [-0.3, -0.25) is 0 Å². The molecule has 0 spiro atoms. The molecule has 0 saturated carbocycles. The second-order valence-electron chi connectivity index (χ2n) is 3.58. The van der Waals surface area contributed by atoms with E-state index in [0.29, 0.717) is 0 Å². The molecule has 2 atom stereocenters. The summed E-state index contributed by atoms with van der Waals surface area (Å²) in [5.41, 5.74) is 6.01. The van der Waals surface area contributed by atoms with Crippen LogP contribution in [-0.4, -0.2) is 28.0 Å². The third-order valence-corrected chi connectivity index (χ3v) is 4.52. The van der Waals surface area contributed by atoms with E-state index in [4.69, 9.17) is 5.73 Å². The van der Waals surface area contributed by atoms with Crippen molar-refractivity contribution in [3.8, 4) is 0 Å². The number of thioether (sulfide) groups is 1. The molecule has 0 aromatic carbocycles. The molecule has 3 N–H and O–H groups in total. The van der Waals surface area contributed by atoms with Crippen LogP contribution in [-0.2, 0) is 0 Å². The van der Waals surface area contributed by atoms with Gasteiger partial charge in [0.25, 0.3) is 0 Å². The molecule has 0 fully saturated rings. The zero-order valence-corrected chi connectivity index (χ0v) is 11.7. The van der Waals surface area contributed by atoms with Crippen molar-refractivity contribution in [1.82, 2.24) is 4.98 Å². The van der Waals surface area contributed by atoms with Gasteiger partial charge < -0.3 is 10.8 Å². The zero-order chi connectivity index (χ0) is 12.0. The lowest BCUT2D eigenvalue weighted by Crippen LogP contribution is -2.34. The molecule has 0 aliphatic carbocycles. The van der Waals surface area contributed by atoms with E-state index in [1.54, 1.807) is 6.20 Å². The van der Waals surface area contributed by atoms with E-state index >= 15 is 0 Å². The summed E-state index contributed by atoms with van der Waals surface area (Å²) in [5, 5.41) is 10.2. The molecule has 3 nitrogen and oxygen atoms in total. The fourth-order valence-electron chi connectivity index (χ4n) is 1.38. The first kappa shape index (κ1) is 14.0. The number of pyridine rings is 1. The summed E-state index contributed by atoms with van der Waals surface area (Å²) >= 11 is 4.97. The quantitative estimate of drug-likeness (QED) is 0.793. The summed E-state index contributed by atoms with van der Waals surface area (Å²) in [6.07, 6.45) is 3.69. The standard InChI is InChI=1S/C11H17BrN2OS/c1-2-4-9(13)10(7-15)16-11-8(12)5-3-6-14-11/h3,5-6,9-10,15H,2,4,7,13H2,1H3. The number of halogens is 1. The molecule has 0 amide bonds. The summed E-state index contributed by atoms with van der Waals surface area (Å²) in [6.45, 7) is 2.17. The number of aliphatic hydroxyl groups excluding tert-OH is 1. The normalized spacial score (nSPS) is 14.8. The second kappa shape index (κ2) is 7.27. The van der Waals surface area contributed by atoms with E-state index in [-0.39, 0.29) is 17.9 Å². The largest absolute Gasteiger partial charge is 0.395 e. The minimum Gasteiger partial charge on any atom is -0.395 e. The van der Waals surface area contributed by atoms with Gasteiger partial charge in [0.05, 0.1) is 6.61 Å². The highest BCUT2D eigenvalue weighted by molar-refractivity contribution is 9.10. The third kappa shape index (κ3) is 4.05. The molecular weight excluding hydrogens is 288 g/mol. The lowest BCUT2D eigenvalue weighted by Gasteiger charge is -2.20. The topological polar surface area (TPSA) is 59.1 Å². The van der Waals surface area contributed by atoms with Gasteiger partial charge in [-0.25, -0.2) is 4.98 Å². The van der Waals surface area contributed by atoms with Gasteiger partial charge >= 0.3 is 0 Å². The Kier molecular flexibility index (Phi) is 6.34. The van der Waals surface area contributed by atoms with E-state index in [1.165, 1.54) is 11.8 Å². The van der Waals surface area contributed by atoms with Crippen molar-refractivity contribution < 1.29 is 5.11 Å². The van der Waals surface area contributed by atoms with Crippen LogP contribution in [0.15, 0.2) is 27.8 Å². The first-order chi connectivity index (χ1) is 7.69. The van der Waals surface area contributed by atoms with Gasteiger partial charge in [0, 0.05) is 22.0 Å². The average Bonchev–Trinajstić information content (AvgIpc) is 2.28. The summed E-state index contributed by atoms with van der Waals surface area (Å²) in [6, 6.07) is 3.82. The van der Waals surface area contributed by atoms with Crippen LogP contribution >= 0.6 is 27.7 Å². The molecule has 16 heavy (non-hydrogen) atoms. The SMILES string of the molecule is CCCC(N)C(CO)Sc1ncccc1Br. The highest BCUT2D eigenvalue weighted by Crippen LogP contribution is 2.29. The average molecular weight is 305 g/mol. The van der Waals surface area contributed by atoms with Gasteiger partial charge in [0.2, 0.25) is 0 Å². The molecule has 1 heterocycles. The zero-order valence-electron chi connectivity index (χ0n) is 9.27. The van der Waals surface area contributed by atoms with Crippen LogP contribution in [0.2, 0.25) is 0 Å². The van der Waals surface area contributed by atoms with Crippen LogP contribution in [0.25, 0.3) is 0 Å². The number of hydrogen-bond donors (Lipinski definition) is 2. The van der Waals surface area contributed by atoms with Gasteiger partial charge in [0.15, 0.2) is 0 Å². The summed E-state index contributed by atoms with van der Waals surface area (Å²) in [4.78, 5) is 4.26. The number of nitrogens with two attached hydrogens (primary N) is 1. The molecule has 0 radical (unpaired) electrons. The molecule has 1 rings (SSSR count). The van der Waals surface area contributed by atoms with Crippen molar-refractivity contribution in [2.75, 3.05) is 6.61 Å². The molecule has 2 unspecified atom stereocenters. The summed E-state index contributed by atoms with van der Waals surface area (Å²) < 4.78 is 0.946. The van der Waals surface area contributed by atoms with Crippen molar-refractivity contribution in [2.45, 2.75) is 36.1 Å². The maximum atomic E-state index is 9.33.